The Kier molecular flexibility index (Phi) is 3.12. The number of azide groups is 1. The van der Waals surface area contributed by atoms with E-state index in [1.807, 2.05) is 12.1 Å². The molecule has 1 aromatic rings. The summed E-state index contributed by atoms with van der Waals surface area (Å²) in [6.45, 7) is 0.323. The highest BCUT2D eigenvalue weighted by Crippen LogP contribution is 2.34. The number of ether oxygens (including phenoxy) is 1. The van der Waals surface area contributed by atoms with E-state index in [0.29, 0.717) is 18.5 Å². The molecule has 0 bridgehead atoms. The fourth-order valence-corrected chi connectivity index (χ4v) is 2.04. The van der Waals surface area contributed by atoms with E-state index in [9.17, 15) is 4.79 Å². The molecule has 0 aromatic heterocycles. The number of esters is 1. The van der Waals surface area contributed by atoms with Gasteiger partial charge in [0.25, 0.3) is 0 Å². The Morgan fingerprint density at radius 1 is 1.56 bits per heavy atom. The molecule has 82 valence electrons. The van der Waals surface area contributed by atoms with E-state index in [2.05, 4.69) is 26.0 Å². The molecule has 0 N–H and O–H groups in total. The Morgan fingerprint density at radius 3 is 3.12 bits per heavy atom. The van der Waals surface area contributed by atoms with E-state index in [1.165, 1.54) is 0 Å². The van der Waals surface area contributed by atoms with Crippen LogP contribution < -0.4 is 0 Å². The van der Waals surface area contributed by atoms with Gasteiger partial charge in [0, 0.05) is 21.5 Å². The van der Waals surface area contributed by atoms with E-state index >= 15 is 0 Å². The van der Waals surface area contributed by atoms with Crippen LogP contribution >= 0.6 is 15.9 Å². The van der Waals surface area contributed by atoms with E-state index in [1.54, 1.807) is 6.07 Å². The number of halogens is 1. The standard InChI is InChI=1S/C10H8BrN3O2/c11-6-1-2-7-8(5-6)10(15)16-9(7)3-4-13-14-12/h1-2,5,9H,3-4H2. The van der Waals surface area contributed by atoms with Crippen molar-refractivity contribution in [2.24, 2.45) is 5.11 Å². The molecule has 0 radical (unpaired) electrons. The molecule has 0 aliphatic carbocycles. The molecule has 1 unspecified atom stereocenters. The summed E-state index contributed by atoms with van der Waals surface area (Å²) in [5, 5.41) is 3.43. The van der Waals surface area contributed by atoms with Crippen molar-refractivity contribution in [3.63, 3.8) is 0 Å². The van der Waals surface area contributed by atoms with E-state index in [-0.39, 0.29) is 12.1 Å². The molecule has 0 fully saturated rings. The van der Waals surface area contributed by atoms with Gasteiger partial charge in [-0.15, -0.1) is 0 Å². The van der Waals surface area contributed by atoms with Gasteiger partial charge in [0.2, 0.25) is 0 Å². The number of benzene rings is 1. The van der Waals surface area contributed by atoms with Gasteiger partial charge in [0.15, 0.2) is 0 Å². The Bertz CT molecular complexity index is 483. The lowest BCUT2D eigenvalue weighted by atomic mass is 10.0. The molecule has 0 amide bonds. The largest absolute Gasteiger partial charge is 0.454 e. The zero-order valence-electron chi connectivity index (χ0n) is 8.26. The second-order valence-corrected chi connectivity index (χ2v) is 4.28. The predicted octanol–water partition coefficient (Wildman–Crippen LogP) is 3.36. The van der Waals surface area contributed by atoms with Gasteiger partial charge in [0.1, 0.15) is 6.10 Å². The maximum atomic E-state index is 11.5. The first-order valence-electron chi connectivity index (χ1n) is 4.73. The number of rotatable bonds is 3. The number of cyclic esters (lactones) is 1. The predicted molar refractivity (Wildman–Crippen MR) is 60.9 cm³/mol. The lowest BCUT2D eigenvalue weighted by molar-refractivity contribution is 0.0374. The van der Waals surface area contributed by atoms with Crippen LogP contribution in [-0.2, 0) is 4.74 Å². The molecule has 1 atom stereocenters. The van der Waals surface area contributed by atoms with Crippen LogP contribution in [-0.4, -0.2) is 12.5 Å². The summed E-state index contributed by atoms with van der Waals surface area (Å²) in [6, 6.07) is 5.46. The molecular weight excluding hydrogens is 274 g/mol. The average Bonchev–Trinajstić information content (AvgIpc) is 2.56. The number of hydrogen-bond donors (Lipinski definition) is 0. The zero-order valence-corrected chi connectivity index (χ0v) is 9.85. The second-order valence-electron chi connectivity index (χ2n) is 3.37. The van der Waals surface area contributed by atoms with Crippen molar-refractivity contribution in [2.45, 2.75) is 12.5 Å². The number of nitrogens with zero attached hydrogens (tertiary/aromatic N) is 3. The number of hydrogen-bond acceptors (Lipinski definition) is 3. The molecule has 0 saturated carbocycles. The molecule has 16 heavy (non-hydrogen) atoms. The van der Waals surface area contributed by atoms with Crippen molar-refractivity contribution in [3.05, 3.63) is 44.2 Å². The normalized spacial score (nSPS) is 17.6. The minimum Gasteiger partial charge on any atom is -0.454 e. The summed E-state index contributed by atoms with van der Waals surface area (Å²) in [5.74, 6) is -0.317. The van der Waals surface area contributed by atoms with Crippen molar-refractivity contribution < 1.29 is 9.53 Å². The topological polar surface area (TPSA) is 75.1 Å². The lowest BCUT2D eigenvalue weighted by Crippen LogP contribution is -2.00. The van der Waals surface area contributed by atoms with Crippen molar-refractivity contribution in [3.8, 4) is 0 Å². The highest BCUT2D eigenvalue weighted by atomic mass is 79.9. The molecule has 1 aliphatic rings. The fraction of sp³-hybridized carbons (Fsp3) is 0.300. The monoisotopic (exact) mass is 281 g/mol. The summed E-state index contributed by atoms with van der Waals surface area (Å²) < 4.78 is 6.04. The molecule has 6 heteroatoms. The van der Waals surface area contributed by atoms with Crippen molar-refractivity contribution >= 4 is 21.9 Å². The molecular formula is C10H8BrN3O2. The van der Waals surface area contributed by atoms with Gasteiger partial charge in [0.05, 0.1) is 5.56 Å². The molecule has 1 aromatic carbocycles. The number of fused-ring (bicyclic) bond motifs is 1. The van der Waals surface area contributed by atoms with Gasteiger partial charge in [-0.1, -0.05) is 27.1 Å². The van der Waals surface area contributed by atoms with Crippen LogP contribution in [0.5, 0.6) is 0 Å². The average molecular weight is 282 g/mol. The number of carbonyl (C=O) groups is 1. The Balaban J connectivity index is 2.22. The SMILES string of the molecule is [N-]=[N+]=NCCC1OC(=O)c2cc(Br)ccc21. The van der Waals surface area contributed by atoms with Crippen molar-refractivity contribution in [2.75, 3.05) is 6.54 Å². The number of carbonyl (C=O) groups excluding carboxylic acids is 1. The maximum absolute atomic E-state index is 11.5. The summed E-state index contributed by atoms with van der Waals surface area (Å²) in [7, 11) is 0. The molecule has 0 spiro atoms. The van der Waals surface area contributed by atoms with Crippen LogP contribution in [0.4, 0.5) is 0 Å². The van der Waals surface area contributed by atoms with Gasteiger partial charge in [-0.05, 0) is 24.1 Å². The van der Waals surface area contributed by atoms with Crippen molar-refractivity contribution in [1.82, 2.24) is 0 Å². The smallest absolute Gasteiger partial charge is 0.339 e. The van der Waals surface area contributed by atoms with E-state index in [4.69, 9.17) is 10.3 Å². The van der Waals surface area contributed by atoms with Crippen LogP contribution in [0.2, 0.25) is 0 Å². The van der Waals surface area contributed by atoms with Crippen molar-refractivity contribution in [1.29, 1.82) is 0 Å². The van der Waals surface area contributed by atoms with E-state index < -0.39 is 0 Å². The van der Waals surface area contributed by atoms with Gasteiger partial charge in [-0.3, -0.25) is 0 Å². The fourth-order valence-electron chi connectivity index (χ4n) is 1.68. The minimum absolute atomic E-state index is 0.291. The third kappa shape index (κ3) is 2.03. The van der Waals surface area contributed by atoms with Gasteiger partial charge < -0.3 is 4.74 Å². The highest BCUT2D eigenvalue weighted by Gasteiger charge is 2.30. The second kappa shape index (κ2) is 4.55. The summed E-state index contributed by atoms with van der Waals surface area (Å²) in [6.07, 6.45) is 0.228. The molecule has 1 heterocycles. The summed E-state index contributed by atoms with van der Waals surface area (Å²) in [5.41, 5.74) is 9.61. The third-order valence-electron chi connectivity index (χ3n) is 2.39. The highest BCUT2D eigenvalue weighted by molar-refractivity contribution is 9.10. The molecule has 2 rings (SSSR count). The van der Waals surface area contributed by atoms with Crippen LogP contribution in [0.3, 0.4) is 0 Å². The first-order chi connectivity index (χ1) is 7.72. The zero-order chi connectivity index (χ0) is 11.5. The Hall–Kier alpha value is -1.52. The van der Waals surface area contributed by atoms with Gasteiger partial charge in [-0.2, -0.15) is 0 Å². The van der Waals surface area contributed by atoms with Crippen LogP contribution in [0, 0.1) is 0 Å². The first kappa shape index (κ1) is 11.0. The quantitative estimate of drug-likeness (QED) is 0.369. The Morgan fingerprint density at radius 2 is 2.38 bits per heavy atom. The Labute approximate surface area is 100 Å². The minimum atomic E-state index is -0.317. The third-order valence-corrected chi connectivity index (χ3v) is 2.88. The van der Waals surface area contributed by atoms with Crippen LogP contribution in [0.15, 0.2) is 27.8 Å². The summed E-state index contributed by atoms with van der Waals surface area (Å²) >= 11 is 3.30. The van der Waals surface area contributed by atoms with Gasteiger partial charge in [-0.25, -0.2) is 4.79 Å². The van der Waals surface area contributed by atoms with Crippen LogP contribution in [0.1, 0.15) is 28.4 Å². The van der Waals surface area contributed by atoms with Crippen LogP contribution in [0.25, 0.3) is 10.4 Å². The molecule has 5 nitrogen and oxygen atoms in total. The van der Waals surface area contributed by atoms with Gasteiger partial charge >= 0.3 is 5.97 Å². The first-order valence-corrected chi connectivity index (χ1v) is 5.53. The molecule has 1 aliphatic heterocycles. The molecule has 0 saturated heterocycles. The lowest BCUT2D eigenvalue weighted by Gasteiger charge is -2.07. The van der Waals surface area contributed by atoms with E-state index in [0.717, 1.165) is 10.0 Å². The summed E-state index contributed by atoms with van der Waals surface area (Å²) in [4.78, 5) is 14.2. The maximum Gasteiger partial charge on any atom is 0.339 e.